The summed E-state index contributed by atoms with van der Waals surface area (Å²) in [5, 5.41) is 3.32. The van der Waals surface area contributed by atoms with Crippen LogP contribution in [0, 0.1) is 0 Å². The van der Waals surface area contributed by atoms with Gasteiger partial charge in [-0.3, -0.25) is 4.79 Å². The van der Waals surface area contributed by atoms with Crippen LogP contribution >= 0.6 is 23.2 Å². The summed E-state index contributed by atoms with van der Waals surface area (Å²) in [5.74, 6) is 0.205. The van der Waals surface area contributed by atoms with Crippen LogP contribution in [0.3, 0.4) is 0 Å². The molecule has 104 valence electrons. The number of aromatic nitrogens is 1. The first kappa shape index (κ1) is 14.4. The number of nitrogens with zero attached hydrogens (tertiary/aromatic N) is 1. The number of hydrogen-bond acceptors (Lipinski definition) is 4. The second-order valence-electron chi connectivity index (χ2n) is 3.87. The zero-order chi connectivity index (χ0) is 14.7. The zero-order valence-corrected chi connectivity index (χ0v) is 12.0. The summed E-state index contributed by atoms with van der Waals surface area (Å²) in [5.41, 5.74) is 6.10. The van der Waals surface area contributed by atoms with Crippen LogP contribution in [0.5, 0.6) is 5.75 Å². The molecule has 3 N–H and O–H groups in total. The average Bonchev–Trinajstić information content (AvgIpc) is 2.43. The van der Waals surface area contributed by atoms with Gasteiger partial charge in [-0.1, -0.05) is 23.2 Å². The van der Waals surface area contributed by atoms with Crippen molar-refractivity contribution in [3.8, 4) is 5.75 Å². The third-order valence-corrected chi connectivity index (χ3v) is 3.11. The van der Waals surface area contributed by atoms with Crippen LogP contribution in [-0.2, 0) is 0 Å². The van der Waals surface area contributed by atoms with Gasteiger partial charge in [-0.15, -0.1) is 0 Å². The van der Waals surface area contributed by atoms with Crippen molar-refractivity contribution in [2.75, 3.05) is 18.2 Å². The number of rotatable bonds is 3. The molecule has 1 heterocycles. The molecule has 7 heteroatoms. The molecular weight excluding hydrogens is 301 g/mol. The van der Waals surface area contributed by atoms with Crippen molar-refractivity contribution >= 4 is 40.6 Å². The maximum absolute atomic E-state index is 12.1. The Labute approximate surface area is 125 Å². The number of methoxy groups -OCH3 is 1. The second-order valence-corrected chi connectivity index (χ2v) is 4.68. The summed E-state index contributed by atoms with van der Waals surface area (Å²) in [4.78, 5) is 16.0. The van der Waals surface area contributed by atoms with E-state index in [1.807, 2.05) is 0 Å². The van der Waals surface area contributed by atoms with Crippen molar-refractivity contribution in [1.29, 1.82) is 0 Å². The normalized spacial score (nSPS) is 10.2. The lowest BCUT2D eigenvalue weighted by atomic mass is 10.2. The summed E-state index contributed by atoms with van der Waals surface area (Å²) >= 11 is 11.8. The van der Waals surface area contributed by atoms with Gasteiger partial charge < -0.3 is 15.8 Å². The topological polar surface area (TPSA) is 77.2 Å². The van der Waals surface area contributed by atoms with Crippen LogP contribution in [0.4, 0.5) is 11.5 Å². The molecule has 0 atom stereocenters. The van der Waals surface area contributed by atoms with E-state index in [2.05, 4.69) is 10.3 Å². The lowest BCUT2D eigenvalue weighted by Crippen LogP contribution is -2.15. The number of nitrogens with one attached hydrogen (secondary N) is 1. The average molecular weight is 312 g/mol. The molecular formula is C13H11Cl2N3O2. The fraction of sp³-hybridized carbons (Fsp3) is 0.0769. The highest BCUT2D eigenvalue weighted by Crippen LogP contribution is 2.27. The molecule has 0 saturated carbocycles. The summed E-state index contributed by atoms with van der Waals surface area (Å²) in [6.07, 6.45) is 0. The molecule has 0 bridgehead atoms. The maximum Gasteiger partial charge on any atom is 0.275 e. The summed E-state index contributed by atoms with van der Waals surface area (Å²) in [7, 11) is 1.49. The largest absolute Gasteiger partial charge is 0.495 e. The van der Waals surface area contributed by atoms with E-state index in [9.17, 15) is 4.79 Å². The molecule has 2 rings (SSSR count). The fourth-order valence-electron chi connectivity index (χ4n) is 1.54. The molecule has 1 aromatic heterocycles. The maximum atomic E-state index is 12.1. The van der Waals surface area contributed by atoms with Crippen LogP contribution in [0.15, 0.2) is 30.3 Å². The predicted octanol–water partition coefficient (Wildman–Crippen LogP) is 3.23. The van der Waals surface area contributed by atoms with E-state index in [-0.39, 0.29) is 16.5 Å². The lowest BCUT2D eigenvalue weighted by molar-refractivity contribution is 0.102. The van der Waals surface area contributed by atoms with E-state index >= 15 is 0 Å². The first-order valence-electron chi connectivity index (χ1n) is 5.58. The van der Waals surface area contributed by atoms with Crippen molar-refractivity contribution < 1.29 is 9.53 Å². The summed E-state index contributed by atoms with van der Waals surface area (Å²) in [6.45, 7) is 0. The lowest BCUT2D eigenvalue weighted by Gasteiger charge is -2.09. The highest BCUT2D eigenvalue weighted by molar-refractivity contribution is 6.34. The van der Waals surface area contributed by atoms with E-state index in [1.165, 1.54) is 19.2 Å². The molecule has 0 saturated heterocycles. The van der Waals surface area contributed by atoms with Crippen molar-refractivity contribution in [3.63, 3.8) is 0 Å². The fourth-order valence-corrected chi connectivity index (χ4v) is 1.93. The number of halogens is 2. The van der Waals surface area contributed by atoms with Crippen LogP contribution in [0.1, 0.15) is 10.5 Å². The molecule has 0 radical (unpaired) electrons. The van der Waals surface area contributed by atoms with Gasteiger partial charge in [0.1, 0.15) is 17.3 Å². The number of anilines is 2. The molecule has 2 aromatic rings. The standard InChI is InChI=1S/C13H11Cl2N3O2/c1-20-10-6-7(2-3-8(10)14)17-13(19)12-9(15)4-5-11(16)18-12/h2-6H,1H3,(H2,16,18)(H,17,19). The van der Waals surface area contributed by atoms with E-state index in [4.69, 9.17) is 33.7 Å². The van der Waals surface area contributed by atoms with Gasteiger partial charge in [-0.05, 0) is 24.3 Å². The number of hydrogen-bond donors (Lipinski definition) is 2. The van der Waals surface area contributed by atoms with Crippen molar-refractivity contribution in [2.45, 2.75) is 0 Å². The monoisotopic (exact) mass is 311 g/mol. The van der Waals surface area contributed by atoms with Crippen LogP contribution in [-0.4, -0.2) is 18.0 Å². The molecule has 0 aliphatic carbocycles. The number of benzene rings is 1. The Balaban J connectivity index is 2.25. The molecule has 1 aromatic carbocycles. The highest BCUT2D eigenvalue weighted by Gasteiger charge is 2.13. The Morgan fingerprint density at radius 3 is 2.65 bits per heavy atom. The van der Waals surface area contributed by atoms with Crippen LogP contribution < -0.4 is 15.8 Å². The minimum atomic E-state index is -0.466. The predicted molar refractivity (Wildman–Crippen MR) is 79.6 cm³/mol. The third-order valence-electron chi connectivity index (χ3n) is 2.49. The minimum Gasteiger partial charge on any atom is -0.495 e. The van der Waals surface area contributed by atoms with Gasteiger partial charge >= 0.3 is 0 Å². The first-order chi connectivity index (χ1) is 9.51. The van der Waals surface area contributed by atoms with Gasteiger partial charge in [-0.25, -0.2) is 4.98 Å². The van der Waals surface area contributed by atoms with Crippen molar-refractivity contribution in [3.05, 3.63) is 46.1 Å². The van der Waals surface area contributed by atoms with Gasteiger partial charge in [0.25, 0.3) is 5.91 Å². The first-order valence-corrected chi connectivity index (χ1v) is 6.33. The van der Waals surface area contributed by atoms with E-state index < -0.39 is 5.91 Å². The van der Waals surface area contributed by atoms with E-state index in [0.717, 1.165) is 0 Å². The van der Waals surface area contributed by atoms with Gasteiger partial charge in [0, 0.05) is 11.8 Å². The number of amides is 1. The molecule has 1 amide bonds. The Morgan fingerprint density at radius 1 is 1.25 bits per heavy atom. The molecule has 0 fully saturated rings. The second kappa shape index (κ2) is 5.98. The molecule has 0 spiro atoms. The van der Waals surface area contributed by atoms with Gasteiger partial charge in [-0.2, -0.15) is 0 Å². The molecule has 0 aliphatic heterocycles. The molecule has 20 heavy (non-hydrogen) atoms. The van der Waals surface area contributed by atoms with Gasteiger partial charge in [0.15, 0.2) is 0 Å². The van der Waals surface area contributed by atoms with E-state index in [0.29, 0.717) is 16.5 Å². The number of carbonyl (C=O) groups excluding carboxylic acids is 1. The molecule has 5 nitrogen and oxygen atoms in total. The number of nitrogen functional groups attached to an aromatic ring is 1. The van der Waals surface area contributed by atoms with Gasteiger partial charge in [0.05, 0.1) is 17.2 Å². The van der Waals surface area contributed by atoms with Crippen molar-refractivity contribution in [2.24, 2.45) is 0 Å². The number of pyridine rings is 1. The summed E-state index contributed by atoms with van der Waals surface area (Å²) < 4.78 is 5.07. The smallest absolute Gasteiger partial charge is 0.275 e. The minimum absolute atomic E-state index is 0.0561. The number of ether oxygens (including phenoxy) is 1. The van der Waals surface area contributed by atoms with Crippen LogP contribution in [0.25, 0.3) is 0 Å². The summed E-state index contributed by atoms with van der Waals surface area (Å²) in [6, 6.07) is 7.89. The molecule has 0 unspecified atom stereocenters. The number of nitrogens with two attached hydrogens (primary N) is 1. The van der Waals surface area contributed by atoms with E-state index in [1.54, 1.807) is 18.2 Å². The number of carbonyl (C=O) groups is 1. The van der Waals surface area contributed by atoms with Crippen molar-refractivity contribution in [1.82, 2.24) is 4.98 Å². The Morgan fingerprint density at radius 2 is 1.95 bits per heavy atom. The quantitative estimate of drug-likeness (QED) is 0.912. The zero-order valence-electron chi connectivity index (χ0n) is 10.5. The van der Waals surface area contributed by atoms with Gasteiger partial charge in [0.2, 0.25) is 0 Å². The highest BCUT2D eigenvalue weighted by atomic mass is 35.5. The molecule has 0 aliphatic rings. The Hall–Kier alpha value is -1.98. The third kappa shape index (κ3) is 3.12. The SMILES string of the molecule is COc1cc(NC(=O)c2nc(N)ccc2Cl)ccc1Cl. The Bertz CT molecular complexity index is 662. The Kier molecular flexibility index (Phi) is 4.32. The van der Waals surface area contributed by atoms with Crippen LogP contribution in [0.2, 0.25) is 10.0 Å².